The number of anilines is 1. The Labute approximate surface area is 165 Å². The largest absolute Gasteiger partial charge is 0.481 e. The number of hydrogen-bond donors (Lipinski definition) is 1. The summed E-state index contributed by atoms with van der Waals surface area (Å²) in [4.78, 5) is 25.4. The van der Waals surface area contributed by atoms with Gasteiger partial charge >= 0.3 is 0 Å². The Morgan fingerprint density at radius 2 is 1.74 bits per heavy atom. The fourth-order valence-corrected chi connectivity index (χ4v) is 2.97. The highest BCUT2D eigenvalue weighted by atomic mass is 79.9. The van der Waals surface area contributed by atoms with Gasteiger partial charge in [-0.25, -0.2) is 4.68 Å². The number of nitrogens with zero attached hydrogens (tertiary/aromatic N) is 2. The first-order chi connectivity index (χ1) is 12.9. The first kappa shape index (κ1) is 19.0. The number of carbonyl (C=O) groups is 1. The van der Waals surface area contributed by atoms with Gasteiger partial charge in [-0.1, -0.05) is 34.1 Å². The standard InChI is InChI=1S/C20H20BrN3O3/c1-13-18(20(26)24(23(13)3)16-7-5-4-6-8-16)22-19(25)14(2)27-17-11-9-15(21)10-12-17/h4-12,14H,1-3H3,(H,22,25)/t14-/m0/s1. The number of aromatic nitrogens is 2. The number of amides is 1. The van der Waals surface area contributed by atoms with E-state index in [1.54, 1.807) is 37.7 Å². The van der Waals surface area contributed by atoms with Crippen molar-refractivity contribution in [1.82, 2.24) is 9.36 Å². The van der Waals surface area contributed by atoms with Crippen molar-refractivity contribution < 1.29 is 9.53 Å². The second-order valence-corrected chi connectivity index (χ2v) is 7.06. The highest BCUT2D eigenvalue weighted by Gasteiger charge is 2.21. The maximum Gasteiger partial charge on any atom is 0.295 e. The summed E-state index contributed by atoms with van der Waals surface area (Å²) in [6.45, 7) is 3.43. The van der Waals surface area contributed by atoms with Crippen molar-refractivity contribution in [1.29, 1.82) is 0 Å². The normalized spacial score (nSPS) is 11.9. The Hall–Kier alpha value is -2.80. The number of ether oxygens (including phenoxy) is 1. The zero-order valence-corrected chi connectivity index (χ0v) is 16.9. The molecular formula is C20H20BrN3O3. The lowest BCUT2D eigenvalue weighted by molar-refractivity contribution is -0.122. The predicted octanol–water partition coefficient (Wildman–Crippen LogP) is 3.65. The minimum Gasteiger partial charge on any atom is -0.481 e. The molecule has 2 aromatic carbocycles. The van der Waals surface area contributed by atoms with Gasteiger partial charge in [-0.2, -0.15) is 0 Å². The molecule has 0 bridgehead atoms. The summed E-state index contributed by atoms with van der Waals surface area (Å²) in [5.74, 6) is 0.191. The third-order valence-electron chi connectivity index (χ3n) is 4.30. The molecule has 3 aromatic rings. The first-order valence-corrected chi connectivity index (χ1v) is 9.25. The molecule has 1 aromatic heterocycles. The molecule has 0 aliphatic rings. The molecule has 1 atom stereocenters. The van der Waals surface area contributed by atoms with Crippen LogP contribution in [0.4, 0.5) is 5.69 Å². The van der Waals surface area contributed by atoms with Crippen LogP contribution in [0, 0.1) is 6.92 Å². The number of carbonyl (C=O) groups excluding carboxylic acids is 1. The molecule has 0 saturated carbocycles. The van der Waals surface area contributed by atoms with Crippen molar-refractivity contribution in [2.45, 2.75) is 20.0 Å². The molecule has 1 heterocycles. The fraction of sp³-hybridized carbons (Fsp3) is 0.200. The van der Waals surface area contributed by atoms with Gasteiger partial charge < -0.3 is 10.1 Å². The molecule has 0 aliphatic carbocycles. The number of benzene rings is 2. The topological polar surface area (TPSA) is 65.3 Å². The van der Waals surface area contributed by atoms with Crippen molar-refractivity contribution >= 4 is 27.5 Å². The molecule has 0 fully saturated rings. The molecule has 6 nitrogen and oxygen atoms in total. The van der Waals surface area contributed by atoms with E-state index >= 15 is 0 Å². The summed E-state index contributed by atoms with van der Waals surface area (Å²) >= 11 is 3.35. The zero-order chi connectivity index (χ0) is 19.6. The van der Waals surface area contributed by atoms with Crippen LogP contribution in [0.2, 0.25) is 0 Å². The average Bonchev–Trinajstić information content (AvgIpc) is 2.87. The Balaban J connectivity index is 1.82. The molecule has 3 rings (SSSR count). The third kappa shape index (κ3) is 3.98. The zero-order valence-electron chi connectivity index (χ0n) is 15.3. The monoisotopic (exact) mass is 429 g/mol. The van der Waals surface area contributed by atoms with Crippen molar-refractivity contribution in [2.24, 2.45) is 7.05 Å². The smallest absolute Gasteiger partial charge is 0.295 e. The SMILES string of the molecule is Cc1c(NC(=O)[C@H](C)Oc2ccc(Br)cc2)c(=O)n(-c2ccccc2)n1C. The molecule has 1 amide bonds. The summed E-state index contributed by atoms with van der Waals surface area (Å²) in [7, 11) is 1.78. The minimum absolute atomic E-state index is 0.248. The van der Waals surface area contributed by atoms with E-state index in [0.29, 0.717) is 11.4 Å². The van der Waals surface area contributed by atoms with Gasteiger partial charge in [-0.3, -0.25) is 14.3 Å². The van der Waals surface area contributed by atoms with Gasteiger partial charge in [0.15, 0.2) is 6.10 Å². The van der Waals surface area contributed by atoms with Gasteiger partial charge in [0.2, 0.25) is 0 Å². The predicted molar refractivity (Wildman–Crippen MR) is 109 cm³/mol. The maximum atomic E-state index is 12.8. The molecule has 0 aliphatic heterocycles. The van der Waals surface area contributed by atoms with Crippen molar-refractivity contribution in [3.8, 4) is 11.4 Å². The highest BCUT2D eigenvalue weighted by molar-refractivity contribution is 9.10. The molecule has 0 unspecified atom stereocenters. The molecule has 0 spiro atoms. The van der Waals surface area contributed by atoms with Crippen molar-refractivity contribution in [3.63, 3.8) is 0 Å². The Morgan fingerprint density at radius 3 is 2.37 bits per heavy atom. The van der Waals surface area contributed by atoms with Crippen LogP contribution in [0.5, 0.6) is 5.75 Å². The van der Waals surface area contributed by atoms with Gasteiger partial charge in [0.05, 0.1) is 11.4 Å². The molecule has 140 valence electrons. The Bertz CT molecular complexity index is 1010. The van der Waals surface area contributed by atoms with Crippen LogP contribution in [0.15, 0.2) is 63.9 Å². The second kappa shape index (κ2) is 7.84. The number of rotatable bonds is 5. The minimum atomic E-state index is -0.754. The number of halogens is 1. The van der Waals surface area contributed by atoms with E-state index < -0.39 is 6.10 Å². The van der Waals surface area contributed by atoms with Gasteiger partial charge in [0, 0.05) is 11.5 Å². The van der Waals surface area contributed by atoms with Gasteiger partial charge in [0.1, 0.15) is 11.4 Å². The average molecular weight is 430 g/mol. The summed E-state index contributed by atoms with van der Waals surface area (Å²) in [6, 6.07) is 16.5. The lowest BCUT2D eigenvalue weighted by atomic mass is 10.3. The lowest BCUT2D eigenvalue weighted by Gasteiger charge is -2.14. The summed E-state index contributed by atoms with van der Waals surface area (Å²) in [5.41, 5.74) is 1.35. The summed E-state index contributed by atoms with van der Waals surface area (Å²) in [5, 5.41) is 2.71. The second-order valence-electron chi connectivity index (χ2n) is 6.14. The van der Waals surface area contributed by atoms with Gasteiger partial charge in [-0.05, 0) is 50.2 Å². The molecule has 1 N–H and O–H groups in total. The van der Waals surface area contributed by atoms with Crippen LogP contribution in [-0.2, 0) is 11.8 Å². The Kier molecular flexibility index (Phi) is 5.51. The van der Waals surface area contributed by atoms with E-state index in [1.165, 1.54) is 4.68 Å². The maximum absolute atomic E-state index is 12.8. The van der Waals surface area contributed by atoms with E-state index in [4.69, 9.17) is 4.74 Å². The quantitative estimate of drug-likeness (QED) is 0.672. The number of para-hydroxylation sites is 1. The van der Waals surface area contributed by atoms with E-state index in [2.05, 4.69) is 21.2 Å². The highest BCUT2D eigenvalue weighted by Crippen LogP contribution is 2.18. The van der Waals surface area contributed by atoms with Crippen molar-refractivity contribution in [3.05, 3.63) is 75.1 Å². The fourth-order valence-electron chi connectivity index (χ4n) is 2.71. The molecular weight excluding hydrogens is 410 g/mol. The summed E-state index contributed by atoms with van der Waals surface area (Å²) < 4.78 is 9.82. The van der Waals surface area contributed by atoms with Crippen LogP contribution in [-0.4, -0.2) is 21.4 Å². The number of hydrogen-bond acceptors (Lipinski definition) is 3. The van der Waals surface area contributed by atoms with Gasteiger partial charge in [0.25, 0.3) is 11.5 Å². The van der Waals surface area contributed by atoms with E-state index in [1.807, 2.05) is 42.5 Å². The molecule has 0 saturated heterocycles. The van der Waals surface area contributed by atoms with Crippen LogP contribution in [0.25, 0.3) is 5.69 Å². The molecule has 27 heavy (non-hydrogen) atoms. The van der Waals surface area contributed by atoms with Crippen LogP contribution in [0.3, 0.4) is 0 Å². The Morgan fingerprint density at radius 1 is 1.11 bits per heavy atom. The lowest BCUT2D eigenvalue weighted by Crippen LogP contribution is -2.32. The van der Waals surface area contributed by atoms with Gasteiger partial charge in [-0.15, -0.1) is 0 Å². The van der Waals surface area contributed by atoms with Crippen molar-refractivity contribution in [2.75, 3.05) is 5.32 Å². The molecule has 0 radical (unpaired) electrons. The van der Waals surface area contributed by atoms with E-state index in [9.17, 15) is 9.59 Å². The van der Waals surface area contributed by atoms with E-state index in [-0.39, 0.29) is 17.2 Å². The summed E-state index contributed by atoms with van der Waals surface area (Å²) in [6.07, 6.45) is -0.754. The van der Waals surface area contributed by atoms with Crippen LogP contribution >= 0.6 is 15.9 Å². The van der Waals surface area contributed by atoms with Crippen LogP contribution < -0.4 is 15.6 Å². The third-order valence-corrected chi connectivity index (χ3v) is 4.83. The van der Waals surface area contributed by atoms with Crippen LogP contribution in [0.1, 0.15) is 12.6 Å². The van der Waals surface area contributed by atoms with E-state index in [0.717, 1.165) is 10.2 Å². The number of nitrogens with one attached hydrogen (secondary N) is 1. The first-order valence-electron chi connectivity index (χ1n) is 8.45. The molecule has 7 heteroatoms.